The van der Waals surface area contributed by atoms with Crippen LogP contribution in [0.15, 0.2) is 48.8 Å². The Labute approximate surface area is 222 Å². The molecule has 2 aliphatic rings. The highest BCUT2D eigenvalue weighted by Gasteiger charge is 2.42. The van der Waals surface area contributed by atoms with E-state index in [4.69, 9.17) is 0 Å². The normalized spacial score (nSPS) is 24.0. The van der Waals surface area contributed by atoms with Crippen LogP contribution in [0.3, 0.4) is 0 Å². The zero-order valence-corrected chi connectivity index (χ0v) is 21.2. The molecule has 11 heteroatoms. The number of fused-ring (bicyclic) bond motifs is 1. The summed E-state index contributed by atoms with van der Waals surface area (Å²) in [5.74, 6) is -5.25. The van der Waals surface area contributed by atoms with Gasteiger partial charge in [0.2, 0.25) is 11.8 Å². The number of carbonyl (C=O) groups is 3. The Morgan fingerprint density at radius 1 is 1.08 bits per heavy atom. The molecular weight excluding hydrogens is 511 g/mol. The van der Waals surface area contributed by atoms with Crippen LogP contribution < -0.4 is 16.0 Å². The van der Waals surface area contributed by atoms with Crippen molar-refractivity contribution >= 4 is 23.5 Å². The first kappa shape index (κ1) is 26.3. The van der Waals surface area contributed by atoms with E-state index in [1.165, 1.54) is 6.20 Å². The van der Waals surface area contributed by atoms with Gasteiger partial charge in [0, 0.05) is 42.0 Å². The van der Waals surface area contributed by atoms with Crippen LogP contribution in [0.1, 0.15) is 53.4 Å². The van der Waals surface area contributed by atoms with Gasteiger partial charge in [-0.3, -0.25) is 19.4 Å². The van der Waals surface area contributed by atoms with Crippen molar-refractivity contribution in [3.8, 4) is 0 Å². The van der Waals surface area contributed by atoms with Crippen LogP contribution in [-0.4, -0.2) is 39.8 Å². The third-order valence-corrected chi connectivity index (χ3v) is 7.45. The predicted octanol–water partition coefficient (Wildman–Crippen LogP) is 3.43. The first-order chi connectivity index (χ1) is 18.6. The average Bonchev–Trinajstić information content (AvgIpc) is 3.26. The summed E-state index contributed by atoms with van der Waals surface area (Å²) in [6, 6.07) is 6.57. The zero-order chi connectivity index (χ0) is 27.9. The topological polar surface area (TPSA) is 113 Å². The van der Waals surface area contributed by atoms with E-state index >= 15 is 0 Å². The molecule has 0 saturated carbocycles. The molecule has 202 valence electrons. The van der Waals surface area contributed by atoms with Gasteiger partial charge in [-0.2, -0.15) is 0 Å². The van der Waals surface area contributed by atoms with E-state index in [-0.39, 0.29) is 17.9 Å². The maximum Gasteiger partial charge on any atom is 0.253 e. The molecule has 3 aromatic rings. The summed E-state index contributed by atoms with van der Waals surface area (Å²) in [5, 5.41) is 8.04. The van der Waals surface area contributed by atoms with E-state index in [0.29, 0.717) is 30.4 Å². The monoisotopic (exact) mass is 537 g/mol. The van der Waals surface area contributed by atoms with Crippen molar-refractivity contribution in [2.45, 2.75) is 51.1 Å². The Kier molecular flexibility index (Phi) is 6.83. The number of benzene rings is 1. The Hall–Kier alpha value is -4.28. The summed E-state index contributed by atoms with van der Waals surface area (Å²) in [6.45, 7) is 3.38. The molecule has 2 aromatic heterocycles. The van der Waals surface area contributed by atoms with E-state index in [1.54, 1.807) is 37.4 Å². The van der Waals surface area contributed by atoms with Crippen LogP contribution in [0.4, 0.5) is 19.0 Å². The number of pyridine rings is 2. The van der Waals surface area contributed by atoms with Gasteiger partial charge in [0.1, 0.15) is 17.7 Å². The van der Waals surface area contributed by atoms with Crippen LogP contribution in [0.25, 0.3) is 0 Å². The second kappa shape index (κ2) is 10.1. The number of hydrogen-bond donors (Lipinski definition) is 3. The van der Waals surface area contributed by atoms with Crippen molar-refractivity contribution in [3.05, 3.63) is 88.6 Å². The molecule has 3 N–H and O–H groups in total. The van der Waals surface area contributed by atoms with Gasteiger partial charge in [-0.1, -0.05) is 13.0 Å². The Balaban J connectivity index is 1.30. The summed E-state index contributed by atoms with van der Waals surface area (Å²) < 4.78 is 42.8. The molecule has 39 heavy (non-hydrogen) atoms. The standard InChI is InChI=1S/C28H26F3N5O3/c1-14-17(23-18(29)6-7-19(30)24(23)31)10-20(26(38)34-14)35-25(37)16-9-15-11-28(2,12-21(15)33-13-16)27(39)36-22-5-3-4-8-32-22/h3-9,13-14,17,20H,10-12H2,1-2H3,(H,34,38)(H,35,37)(H,32,36,39)/t14-,17-,20+,28+/m1/s1. The summed E-state index contributed by atoms with van der Waals surface area (Å²) >= 11 is 0. The lowest BCUT2D eigenvalue weighted by atomic mass is 9.82. The Morgan fingerprint density at radius 3 is 2.59 bits per heavy atom. The van der Waals surface area contributed by atoms with Gasteiger partial charge in [0.05, 0.1) is 11.0 Å². The molecule has 0 radical (unpaired) electrons. The lowest BCUT2D eigenvalue weighted by molar-refractivity contribution is -0.126. The third kappa shape index (κ3) is 5.08. The number of nitrogens with one attached hydrogen (secondary N) is 3. The number of amides is 3. The van der Waals surface area contributed by atoms with E-state index < -0.39 is 58.2 Å². The number of piperidine rings is 1. The number of aromatic nitrogens is 2. The SMILES string of the molecule is C[C@H]1NC(=O)[C@@H](NC(=O)c2cnc3c(c2)C[C@](C)(C(=O)Nc2ccccn2)C3)C[C@H]1c1c(F)ccc(F)c1F. The summed E-state index contributed by atoms with van der Waals surface area (Å²) in [5.41, 5.74) is 0.322. The molecule has 3 heterocycles. The molecular formula is C28H26F3N5O3. The Bertz CT molecular complexity index is 1470. The molecule has 5 rings (SSSR count). The number of carbonyl (C=O) groups excluding carboxylic acids is 3. The van der Waals surface area contributed by atoms with Crippen LogP contribution in [0, 0.1) is 22.9 Å². The number of rotatable bonds is 5. The fraction of sp³-hybridized carbons (Fsp3) is 0.321. The minimum absolute atomic E-state index is 0.125. The van der Waals surface area contributed by atoms with Gasteiger partial charge in [-0.15, -0.1) is 0 Å². The highest BCUT2D eigenvalue weighted by Crippen LogP contribution is 2.37. The smallest absolute Gasteiger partial charge is 0.253 e. The first-order valence-corrected chi connectivity index (χ1v) is 12.5. The molecule has 0 spiro atoms. The number of anilines is 1. The van der Waals surface area contributed by atoms with Crippen LogP contribution in [-0.2, 0) is 22.4 Å². The first-order valence-electron chi connectivity index (χ1n) is 12.5. The van der Waals surface area contributed by atoms with Crippen molar-refractivity contribution in [2.24, 2.45) is 5.41 Å². The minimum Gasteiger partial charge on any atom is -0.351 e. The van der Waals surface area contributed by atoms with Crippen LogP contribution in [0.2, 0.25) is 0 Å². The van der Waals surface area contributed by atoms with Crippen molar-refractivity contribution < 1.29 is 27.6 Å². The highest BCUT2D eigenvalue weighted by molar-refractivity contribution is 5.98. The minimum atomic E-state index is -1.31. The average molecular weight is 538 g/mol. The van der Waals surface area contributed by atoms with E-state index in [9.17, 15) is 27.6 Å². The van der Waals surface area contributed by atoms with Gasteiger partial charge in [-0.05, 0) is 55.7 Å². The number of nitrogens with zero attached hydrogens (tertiary/aromatic N) is 2. The lowest BCUT2D eigenvalue weighted by Crippen LogP contribution is -2.56. The molecule has 0 bridgehead atoms. The molecule has 8 nitrogen and oxygen atoms in total. The van der Waals surface area contributed by atoms with Crippen molar-refractivity contribution in [1.82, 2.24) is 20.6 Å². The number of halogens is 3. The van der Waals surface area contributed by atoms with E-state index in [1.807, 2.05) is 6.92 Å². The van der Waals surface area contributed by atoms with Gasteiger partial charge < -0.3 is 16.0 Å². The third-order valence-electron chi connectivity index (χ3n) is 7.45. The summed E-state index contributed by atoms with van der Waals surface area (Å²) in [4.78, 5) is 47.2. The molecule has 1 aromatic carbocycles. The summed E-state index contributed by atoms with van der Waals surface area (Å²) in [7, 11) is 0. The second-order valence-electron chi connectivity index (χ2n) is 10.3. The predicted molar refractivity (Wildman–Crippen MR) is 135 cm³/mol. The van der Waals surface area contributed by atoms with Crippen molar-refractivity contribution in [3.63, 3.8) is 0 Å². The fourth-order valence-electron chi connectivity index (χ4n) is 5.30. The highest BCUT2D eigenvalue weighted by atomic mass is 19.2. The van der Waals surface area contributed by atoms with Gasteiger partial charge >= 0.3 is 0 Å². The molecule has 1 saturated heterocycles. The molecule has 1 fully saturated rings. The van der Waals surface area contributed by atoms with Gasteiger partial charge in [0.25, 0.3) is 5.91 Å². The maximum atomic E-state index is 14.5. The fourth-order valence-corrected chi connectivity index (χ4v) is 5.30. The van der Waals surface area contributed by atoms with Gasteiger partial charge in [0.15, 0.2) is 11.6 Å². The molecule has 3 amide bonds. The molecule has 1 aliphatic heterocycles. The molecule has 1 aliphatic carbocycles. The lowest BCUT2D eigenvalue weighted by Gasteiger charge is -2.35. The van der Waals surface area contributed by atoms with Crippen molar-refractivity contribution in [1.29, 1.82) is 0 Å². The van der Waals surface area contributed by atoms with Crippen molar-refractivity contribution in [2.75, 3.05) is 5.32 Å². The van der Waals surface area contributed by atoms with Gasteiger partial charge in [-0.25, -0.2) is 18.2 Å². The van der Waals surface area contributed by atoms with Crippen LogP contribution >= 0.6 is 0 Å². The zero-order valence-electron chi connectivity index (χ0n) is 21.2. The van der Waals surface area contributed by atoms with Crippen LogP contribution in [0.5, 0.6) is 0 Å². The summed E-state index contributed by atoms with van der Waals surface area (Å²) in [6.07, 6.45) is 3.53. The molecule has 0 unspecified atom stereocenters. The quantitative estimate of drug-likeness (QED) is 0.432. The van der Waals surface area contributed by atoms with E-state index in [0.717, 1.165) is 11.6 Å². The second-order valence-corrected chi connectivity index (χ2v) is 10.3. The number of hydrogen-bond acceptors (Lipinski definition) is 5. The molecule has 4 atom stereocenters. The van der Waals surface area contributed by atoms with E-state index in [2.05, 4.69) is 25.9 Å². The maximum absolute atomic E-state index is 14.5. The Morgan fingerprint density at radius 2 is 1.85 bits per heavy atom. The largest absolute Gasteiger partial charge is 0.351 e.